The third-order valence-corrected chi connectivity index (χ3v) is 8.51. The van der Waals surface area contributed by atoms with Crippen molar-refractivity contribution in [3.63, 3.8) is 0 Å². The van der Waals surface area contributed by atoms with Crippen LogP contribution in [0.15, 0.2) is 60.7 Å². The van der Waals surface area contributed by atoms with Crippen LogP contribution < -0.4 is 20.5 Å². The molecule has 8 bridgehead atoms. The molecule has 1 atom stereocenters. The van der Waals surface area contributed by atoms with Crippen LogP contribution in [-0.2, 0) is 16.0 Å². The molecule has 4 N–H and O–H groups in total. The van der Waals surface area contributed by atoms with Crippen molar-refractivity contribution in [2.75, 3.05) is 39.3 Å². The van der Waals surface area contributed by atoms with E-state index in [1.165, 1.54) is 12.1 Å². The fraction of sp³-hybridized carbons (Fsp3) is 0.364. The SMILES string of the molecule is NC(=O)C1CCN(CC(=O)N2CCc3cc4ccc3C2c2cccc(c2)OCCCNC(=O)c2cc(ccc2O)O4)CC1. The molecule has 4 aliphatic heterocycles. The van der Waals surface area contributed by atoms with Crippen molar-refractivity contribution < 1.29 is 29.0 Å². The zero-order chi connectivity index (χ0) is 29.9. The van der Waals surface area contributed by atoms with Gasteiger partial charge in [0, 0.05) is 19.0 Å². The van der Waals surface area contributed by atoms with Gasteiger partial charge in [0.15, 0.2) is 0 Å². The van der Waals surface area contributed by atoms with E-state index in [0.717, 1.165) is 16.7 Å². The van der Waals surface area contributed by atoms with Gasteiger partial charge in [-0.3, -0.25) is 19.3 Å². The number of nitrogens with one attached hydrogen (secondary N) is 1. The number of benzene rings is 3. The lowest BCUT2D eigenvalue weighted by atomic mass is 9.87. The lowest BCUT2D eigenvalue weighted by molar-refractivity contribution is -0.135. The van der Waals surface area contributed by atoms with Gasteiger partial charge in [0.05, 0.1) is 24.8 Å². The number of carbonyl (C=O) groups is 3. The van der Waals surface area contributed by atoms with Crippen molar-refractivity contribution in [3.8, 4) is 23.0 Å². The Morgan fingerprint density at radius 2 is 1.77 bits per heavy atom. The number of rotatable bonds is 3. The summed E-state index contributed by atoms with van der Waals surface area (Å²) in [7, 11) is 0. The molecule has 4 aliphatic rings. The Balaban J connectivity index is 1.32. The summed E-state index contributed by atoms with van der Waals surface area (Å²) in [5.74, 6) is 0.853. The Kier molecular flexibility index (Phi) is 8.20. The summed E-state index contributed by atoms with van der Waals surface area (Å²) in [5.41, 5.74) is 8.68. The van der Waals surface area contributed by atoms with Crippen molar-refractivity contribution >= 4 is 17.7 Å². The molecule has 1 saturated heterocycles. The molecule has 224 valence electrons. The van der Waals surface area contributed by atoms with Gasteiger partial charge in [-0.25, -0.2) is 0 Å². The molecule has 0 saturated carbocycles. The standard InChI is InChI=1S/C33H36N4O6/c34-32(40)21-9-13-36(14-10-21)20-30(39)37-15-11-22-17-25-5-7-27(22)31(37)23-3-1-4-24(18-23)42-16-2-12-35-33(41)28-19-26(43-25)6-8-29(28)38/h1,3-8,17-19,21,31,38H,2,9-16,20H2,(H2,34,40)(H,35,41). The van der Waals surface area contributed by atoms with E-state index in [-0.39, 0.29) is 47.5 Å². The van der Waals surface area contributed by atoms with E-state index in [2.05, 4.69) is 10.2 Å². The molecule has 10 heteroatoms. The zero-order valence-corrected chi connectivity index (χ0v) is 24.0. The molecule has 0 aromatic heterocycles. The number of phenolic OH excluding ortho intramolecular Hbond substituents is 1. The van der Waals surface area contributed by atoms with Crippen LogP contribution in [0, 0.1) is 5.92 Å². The number of amides is 3. The molecule has 10 nitrogen and oxygen atoms in total. The Labute approximate surface area is 250 Å². The van der Waals surface area contributed by atoms with Crippen LogP contribution in [0.1, 0.15) is 52.4 Å². The van der Waals surface area contributed by atoms with Gasteiger partial charge >= 0.3 is 0 Å². The van der Waals surface area contributed by atoms with E-state index in [1.54, 1.807) is 6.07 Å². The number of primary amides is 1. The van der Waals surface area contributed by atoms with Crippen LogP contribution in [0.2, 0.25) is 0 Å². The molecule has 0 radical (unpaired) electrons. The number of fused-ring (bicyclic) bond motifs is 6. The van der Waals surface area contributed by atoms with Gasteiger partial charge in [-0.1, -0.05) is 18.2 Å². The largest absolute Gasteiger partial charge is 0.507 e. The molecule has 0 spiro atoms. The highest BCUT2D eigenvalue weighted by molar-refractivity contribution is 5.97. The second-order valence-corrected chi connectivity index (χ2v) is 11.4. The minimum Gasteiger partial charge on any atom is -0.507 e. The van der Waals surface area contributed by atoms with Crippen LogP contribution in [0.4, 0.5) is 0 Å². The second-order valence-electron chi connectivity index (χ2n) is 11.4. The Hall–Kier alpha value is -4.57. The molecule has 7 rings (SSSR count). The maximum atomic E-state index is 13.9. The highest BCUT2D eigenvalue weighted by Gasteiger charge is 2.34. The van der Waals surface area contributed by atoms with Gasteiger partial charge in [-0.2, -0.15) is 0 Å². The molecule has 3 aromatic rings. The smallest absolute Gasteiger partial charge is 0.255 e. The summed E-state index contributed by atoms with van der Waals surface area (Å²) >= 11 is 0. The Morgan fingerprint density at radius 1 is 0.977 bits per heavy atom. The fourth-order valence-electron chi connectivity index (χ4n) is 6.18. The molecule has 3 amide bonds. The molecule has 1 fully saturated rings. The molecular weight excluding hydrogens is 548 g/mol. The quantitative estimate of drug-likeness (QED) is 0.430. The first kappa shape index (κ1) is 28.5. The summed E-state index contributed by atoms with van der Waals surface area (Å²) in [6.07, 6.45) is 2.56. The molecule has 4 heterocycles. The highest BCUT2D eigenvalue weighted by atomic mass is 16.5. The molecular formula is C33H36N4O6. The third kappa shape index (κ3) is 6.29. The first-order chi connectivity index (χ1) is 20.9. The number of phenols is 1. The third-order valence-electron chi connectivity index (χ3n) is 8.51. The first-order valence-electron chi connectivity index (χ1n) is 14.8. The van der Waals surface area contributed by atoms with Crippen LogP contribution in [0.5, 0.6) is 23.0 Å². The zero-order valence-electron chi connectivity index (χ0n) is 24.0. The van der Waals surface area contributed by atoms with Crippen LogP contribution in [0.3, 0.4) is 0 Å². The molecule has 3 aromatic carbocycles. The molecule has 0 aliphatic carbocycles. The number of nitrogens with zero attached hydrogens (tertiary/aromatic N) is 2. The van der Waals surface area contributed by atoms with Crippen molar-refractivity contribution in [2.24, 2.45) is 11.7 Å². The van der Waals surface area contributed by atoms with Gasteiger partial charge in [0.1, 0.15) is 23.0 Å². The number of likely N-dealkylation sites (tertiary alicyclic amines) is 1. The predicted octanol–water partition coefficient (Wildman–Crippen LogP) is 3.37. The predicted molar refractivity (Wildman–Crippen MR) is 159 cm³/mol. The van der Waals surface area contributed by atoms with E-state index in [0.29, 0.717) is 75.7 Å². The number of aromatic hydroxyl groups is 1. The average molecular weight is 585 g/mol. The number of nitrogens with two attached hydrogens (primary N) is 1. The van der Waals surface area contributed by atoms with Gasteiger partial charge < -0.3 is 30.5 Å². The summed E-state index contributed by atoms with van der Waals surface area (Å²) in [6.45, 7) is 2.90. The van der Waals surface area contributed by atoms with Crippen molar-refractivity contribution in [3.05, 3.63) is 82.9 Å². The van der Waals surface area contributed by atoms with Crippen LogP contribution in [0.25, 0.3) is 0 Å². The van der Waals surface area contributed by atoms with Crippen molar-refractivity contribution in [1.82, 2.24) is 15.1 Å². The second kappa shape index (κ2) is 12.3. The van der Waals surface area contributed by atoms with E-state index < -0.39 is 0 Å². The number of piperidine rings is 1. The van der Waals surface area contributed by atoms with Gasteiger partial charge in [-0.05, 0) is 97.9 Å². The number of hydrogen-bond acceptors (Lipinski definition) is 7. The summed E-state index contributed by atoms with van der Waals surface area (Å²) in [5, 5.41) is 13.1. The van der Waals surface area contributed by atoms with Gasteiger partial charge in [0.2, 0.25) is 11.8 Å². The summed E-state index contributed by atoms with van der Waals surface area (Å²) < 4.78 is 12.2. The van der Waals surface area contributed by atoms with Crippen molar-refractivity contribution in [1.29, 1.82) is 0 Å². The minimum atomic E-state index is -0.388. The Bertz CT molecular complexity index is 1530. The monoisotopic (exact) mass is 584 g/mol. The van der Waals surface area contributed by atoms with Crippen LogP contribution in [-0.4, -0.2) is 72.0 Å². The topological polar surface area (TPSA) is 134 Å². The number of ether oxygens (including phenoxy) is 2. The molecule has 1 unspecified atom stereocenters. The lowest BCUT2D eigenvalue weighted by Gasteiger charge is -2.40. The summed E-state index contributed by atoms with van der Waals surface area (Å²) in [4.78, 5) is 42.3. The number of carbonyl (C=O) groups excluding carboxylic acids is 3. The average Bonchev–Trinajstić information content (AvgIpc) is 3.01. The fourth-order valence-corrected chi connectivity index (χ4v) is 6.18. The van der Waals surface area contributed by atoms with E-state index in [9.17, 15) is 19.5 Å². The summed E-state index contributed by atoms with van der Waals surface area (Å²) in [6, 6.07) is 18.0. The maximum Gasteiger partial charge on any atom is 0.255 e. The molecule has 43 heavy (non-hydrogen) atoms. The van der Waals surface area contributed by atoms with Crippen LogP contribution >= 0.6 is 0 Å². The maximum absolute atomic E-state index is 13.9. The highest BCUT2D eigenvalue weighted by Crippen LogP contribution is 2.39. The number of hydrogen-bond donors (Lipinski definition) is 3. The lowest BCUT2D eigenvalue weighted by Crippen LogP contribution is -2.48. The van der Waals surface area contributed by atoms with Gasteiger partial charge in [0.25, 0.3) is 5.91 Å². The van der Waals surface area contributed by atoms with E-state index >= 15 is 0 Å². The van der Waals surface area contributed by atoms with E-state index in [1.807, 2.05) is 47.4 Å². The van der Waals surface area contributed by atoms with Gasteiger partial charge in [-0.15, -0.1) is 0 Å². The van der Waals surface area contributed by atoms with Crippen molar-refractivity contribution in [2.45, 2.75) is 31.7 Å². The first-order valence-corrected chi connectivity index (χ1v) is 14.8. The normalized spacial score (nSPS) is 19.4. The minimum absolute atomic E-state index is 0.0364. The Morgan fingerprint density at radius 3 is 2.58 bits per heavy atom. The van der Waals surface area contributed by atoms with E-state index in [4.69, 9.17) is 15.2 Å².